The molecule has 0 aliphatic carbocycles. The van der Waals surface area contributed by atoms with Crippen molar-refractivity contribution in [1.29, 1.82) is 0 Å². The maximum absolute atomic E-state index is 12.8. The Balaban J connectivity index is 1.27. The first-order valence-electron chi connectivity index (χ1n) is 11.1. The Bertz CT molecular complexity index is 1070. The third kappa shape index (κ3) is 5.45. The summed E-state index contributed by atoms with van der Waals surface area (Å²) in [6, 6.07) is 14.2. The van der Waals surface area contributed by atoms with Crippen LogP contribution in [0.1, 0.15) is 48.4 Å². The summed E-state index contributed by atoms with van der Waals surface area (Å²) in [4.78, 5) is 19.6. The van der Waals surface area contributed by atoms with E-state index in [1.807, 2.05) is 24.3 Å². The first kappa shape index (κ1) is 22.7. The molecule has 1 aliphatic heterocycles. The van der Waals surface area contributed by atoms with Crippen molar-refractivity contribution in [3.8, 4) is 11.4 Å². The van der Waals surface area contributed by atoms with Crippen molar-refractivity contribution in [1.82, 2.24) is 20.4 Å². The number of halogens is 1. The van der Waals surface area contributed by atoms with Crippen molar-refractivity contribution in [2.45, 2.75) is 46.2 Å². The summed E-state index contributed by atoms with van der Waals surface area (Å²) in [5.41, 5.74) is 4.60. The number of likely N-dealkylation sites (tertiary alicyclic amines) is 1. The van der Waals surface area contributed by atoms with E-state index in [0.717, 1.165) is 41.5 Å². The largest absolute Gasteiger partial charge is 0.349 e. The van der Waals surface area contributed by atoms with Crippen LogP contribution in [0.15, 0.2) is 51.5 Å². The Hall–Kier alpha value is -2.51. The van der Waals surface area contributed by atoms with E-state index in [-0.39, 0.29) is 17.9 Å². The molecule has 1 aromatic heterocycles. The van der Waals surface area contributed by atoms with Gasteiger partial charge in [0.25, 0.3) is 0 Å². The Kier molecular flexibility index (Phi) is 7.06. The fourth-order valence-corrected chi connectivity index (χ4v) is 4.29. The standard InChI is InChI=1S/C25H29BrN4O2/c1-16-4-5-21(14-17(16)2)18(3)27-25(31)20-10-12-30(13-11-20)15-23-28-24(29-32-23)19-6-8-22(26)9-7-19/h4-9,14,18,20H,10-13,15H2,1-3H3,(H,27,31). The van der Waals surface area contributed by atoms with Crippen molar-refractivity contribution in [3.05, 3.63) is 69.5 Å². The molecule has 1 saturated heterocycles. The van der Waals surface area contributed by atoms with Crippen molar-refractivity contribution < 1.29 is 9.32 Å². The van der Waals surface area contributed by atoms with Gasteiger partial charge in [-0.15, -0.1) is 0 Å². The van der Waals surface area contributed by atoms with Crippen LogP contribution in [-0.2, 0) is 11.3 Å². The van der Waals surface area contributed by atoms with Crippen LogP contribution < -0.4 is 5.32 Å². The molecule has 1 atom stereocenters. The zero-order chi connectivity index (χ0) is 22.7. The lowest BCUT2D eigenvalue weighted by Crippen LogP contribution is -2.41. The highest BCUT2D eigenvalue weighted by atomic mass is 79.9. The highest BCUT2D eigenvalue weighted by molar-refractivity contribution is 9.10. The molecule has 2 aromatic carbocycles. The fourth-order valence-electron chi connectivity index (χ4n) is 4.03. The van der Waals surface area contributed by atoms with Crippen LogP contribution in [0.5, 0.6) is 0 Å². The van der Waals surface area contributed by atoms with E-state index in [9.17, 15) is 4.79 Å². The quantitative estimate of drug-likeness (QED) is 0.507. The lowest BCUT2D eigenvalue weighted by molar-refractivity contribution is -0.127. The molecule has 0 bridgehead atoms. The van der Waals surface area contributed by atoms with E-state index in [4.69, 9.17) is 4.52 Å². The van der Waals surface area contributed by atoms with Gasteiger partial charge in [-0.25, -0.2) is 0 Å². The maximum atomic E-state index is 12.8. The number of carbonyl (C=O) groups is 1. The molecule has 1 fully saturated rings. The first-order valence-corrected chi connectivity index (χ1v) is 11.9. The molecule has 1 N–H and O–H groups in total. The van der Waals surface area contributed by atoms with Crippen LogP contribution in [0, 0.1) is 19.8 Å². The van der Waals surface area contributed by atoms with Gasteiger partial charge < -0.3 is 9.84 Å². The van der Waals surface area contributed by atoms with E-state index in [0.29, 0.717) is 18.3 Å². The number of amides is 1. The Morgan fingerprint density at radius 1 is 1.16 bits per heavy atom. The van der Waals surface area contributed by atoms with Crippen LogP contribution in [0.3, 0.4) is 0 Å². The Labute approximate surface area is 197 Å². The van der Waals surface area contributed by atoms with Gasteiger partial charge in [-0.1, -0.05) is 39.3 Å². The number of hydrogen-bond donors (Lipinski definition) is 1. The number of hydrogen-bond acceptors (Lipinski definition) is 5. The third-order valence-corrected chi connectivity index (χ3v) is 6.81. The SMILES string of the molecule is Cc1ccc(C(C)NC(=O)C2CCN(Cc3nc(-c4ccc(Br)cc4)no3)CC2)cc1C. The van der Waals surface area contributed by atoms with Crippen LogP contribution in [0.4, 0.5) is 0 Å². The van der Waals surface area contributed by atoms with Crippen molar-refractivity contribution in [2.75, 3.05) is 13.1 Å². The number of benzene rings is 2. The molecule has 0 spiro atoms. The molecule has 2 heterocycles. The van der Waals surface area contributed by atoms with Gasteiger partial charge in [0.2, 0.25) is 17.6 Å². The zero-order valence-electron chi connectivity index (χ0n) is 18.8. The zero-order valence-corrected chi connectivity index (χ0v) is 20.4. The Morgan fingerprint density at radius 3 is 2.56 bits per heavy atom. The van der Waals surface area contributed by atoms with Crippen LogP contribution in [0.25, 0.3) is 11.4 Å². The van der Waals surface area contributed by atoms with Crippen LogP contribution in [0.2, 0.25) is 0 Å². The minimum absolute atomic E-state index is 0.00949. The summed E-state index contributed by atoms with van der Waals surface area (Å²) in [6.07, 6.45) is 1.67. The van der Waals surface area contributed by atoms with Gasteiger partial charge in [0.05, 0.1) is 12.6 Å². The highest BCUT2D eigenvalue weighted by Crippen LogP contribution is 2.23. The summed E-state index contributed by atoms with van der Waals surface area (Å²) >= 11 is 3.43. The summed E-state index contributed by atoms with van der Waals surface area (Å²) in [6.45, 7) is 8.55. The normalized spacial score (nSPS) is 16.1. The second-order valence-corrected chi connectivity index (χ2v) is 9.56. The summed E-state index contributed by atoms with van der Waals surface area (Å²) < 4.78 is 6.47. The second kappa shape index (κ2) is 9.96. The number of aromatic nitrogens is 2. The average molecular weight is 497 g/mol. The van der Waals surface area contributed by atoms with Gasteiger partial charge >= 0.3 is 0 Å². The third-order valence-electron chi connectivity index (χ3n) is 6.28. The van der Waals surface area contributed by atoms with Crippen LogP contribution in [-0.4, -0.2) is 34.0 Å². The predicted molar refractivity (Wildman–Crippen MR) is 128 cm³/mol. The monoisotopic (exact) mass is 496 g/mol. The summed E-state index contributed by atoms with van der Waals surface area (Å²) in [7, 11) is 0. The van der Waals surface area contributed by atoms with Crippen molar-refractivity contribution >= 4 is 21.8 Å². The van der Waals surface area contributed by atoms with Gasteiger partial charge in [0, 0.05) is 16.0 Å². The lowest BCUT2D eigenvalue weighted by atomic mass is 9.95. The van der Waals surface area contributed by atoms with Crippen molar-refractivity contribution in [2.24, 2.45) is 5.92 Å². The average Bonchev–Trinajstić information content (AvgIpc) is 3.25. The lowest BCUT2D eigenvalue weighted by Gasteiger charge is -2.31. The second-order valence-electron chi connectivity index (χ2n) is 8.64. The van der Waals surface area contributed by atoms with Gasteiger partial charge in [-0.3, -0.25) is 9.69 Å². The smallest absolute Gasteiger partial charge is 0.241 e. The molecule has 0 radical (unpaired) electrons. The minimum atomic E-state index is 0.00949. The van der Waals surface area contributed by atoms with Gasteiger partial charge in [-0.2, -0.15) is 4.98 Å². The van der Waals surface area contributed by atoms with E-state index in [1.165, 1.54) is 11.1 Å². The molecule has 3 aromatic rings. The molecule has 32 heavy (non-hydrogen) atoms. The Morgan fingerprint density at radius 2 is 1.88 bits per heavy atom. The molecule has 1 unspecified atom stereocenters. The number of rotatable bonds is 6. The molecule has 0 saturated carbocycles. The number of nitrogens with zero attached hydrogens (tertiary/aromatic N) is 3. The topological polar surface area (TPSA) is 71.3 Å². The van der Waals surface area contributed by atoms with E-state index in [2.05, 4.69) is 75.3 Å². The van der Waals surface area contributed by atoms with E-state index in [1.54, 1.807) is 0 Å². The molecule has 168 valence electrons. The molecular weight excluding hydrogens is 468 g/mol. The van der Waals surface area contributed by atoms with Gasteiger partial charge in [-0.05, 0) is 87.7 Å². The predicted octanol–water partition coefficient (Wildman–Crippen LogP) is 5.21. The molecule has 6 nitrogen and oxygen atoms in total. The first-order chi connectivity index (χ1) is 15.4. The molecule has 4 rings (SSSR count). The fraction of sp³-hybridized carbons (Fsp3) is 0.400. The van der Waals surface area contributed by atoms with Gasteiger partial charge in [0.15, 0.2) is 0 Å². The number of piperidine rings is 1. The number of aryl methyl sites for hydroxylation is 2. The number of carbonyl (C=O) groups excluding carboxylic acids is 1. The van der Waals surface area contributed by atoms with E-state index < -0.39 is 0 Å². The van der Waals surface area contributed by atoms with Crippen molar-refractivity contribution in [3.63, 3.8) is 0 Å². The maximum Gasteiger partial charge on any atom is 0.241 e. The highest BCUT2D eigenvalue weighted by Gasteiger charge is 2.27. The van der Waals surface area contributed by atoms with E-state index >= 15 is 0 Å². The van der Waals surface area contributed by atoms with Gasteiger partial charge in [0.1, 0.15) is 0 Å². The summed E-state index contributed by atoms with van der Waals surface area (Å²) in [5.74, 6) is 1.39. The molecular formula is C25H29BrN4O2. The van der Waals surface area contributed by atoms with Crippen LogP contribution >= 0.6 is 15.9 Å². The summed E-state index contributed by atoms with van der Waals surface area (Å²) in [5, 5.41) is 7.31. The molecule has 1 aliphatic rings. The molecule has 1 amide bonds. The molecule has 7 heteroatoms. The minimum Gasteiger partial charge on any atom is -0.349 e. The number of nitrogens with one attached hydrogen (secondary N) is 1.